The van der Waals surface area contributed by atoms with Crippen molar-refractivity contribution in [1.82, 2.24) is 9.97 Å². The second-order valence-electron chi connectivity index (χ2n) is 5.55. The molecule has 2 aromatic heterocycles. The van der Waals surface area contributed by atoms with E-state index in [1.54, 1.807) is 12.4 Å². The van der Waals surface area contributed by atoms with Crippen LogP contribution in [0.3, 0.4) is 0 Å². The fourth-order valence-electron chi connectivity index (χ4n) is 2.71. The molecule has 0 radical (unpaired) electrons. The van der Waals surface area contributed by atoms with Crippen molar-refractivity contribution >= 4 is 21.7 Å². The lowest BCUT2D eigenvalue weighted by molar-refractivity contribution is 0.216. The molecule has 0 amide bonds. The van der Waals surface area contributed by atoms with Gasteiger partial charge in [-0.1, -0.05) is 6.07 Å². The molecule has 118 valence electrons. The number of rotatable bonds is 4. The van der Waals surface area contributed by atoms with E-state index in [2.05, 4.69) is 36.9 Å². The number of hydrogen-bond donors (Lipinski definition) is 0. The van der Waals surface area contributed by atoms with Crippen molar-refractivity contribution < 1.29 is 4.74 Å². The molecule has 3 heterocycles. The maximum Gasteiger partial charge on any atom is 0.213 e. The number of hydrogen-bond acceptors (Lipinski definition) is 5. The van der Waals surface area contributed by atoms with Gasteiger partial charge in [-0.3, -0.25) is 0 Å². The second kappa shape index (κ2) is 7.42. The number of piperidine rings is 1. The second-order valence-corrected chi connectivity index (χ2v) is 6.46. The van der Waals surface area contributed by atoms with Crippen LogP contribution in [0.25, 0.3) is 0 Å². The van der Waals surface area contributed by atoms with Crippen molar-refractivity contribution in [2.24, 2.45) is 5.92 Å². The molecule has 2 aromatic rings. The Balaban J connectivity index is 1.55. The van der Waals surface area contributed by atoms with E-state index in [0.717, 1.165) is 36.2 Å². The highest BCUT2D eigenvalue weighted by molar-refractivity contribution is 9.10. The number of anilines is 1. The van der Waals surface area contributed by atoms with Crippen LogP contribution in [-0.2, 0) is 0 Å². The summed E-state index contributed by atoms with van der Waals surface area (Å²) < 4.78 is 6.57. The Kier molecular flexibility index (Phi) is 5.09. The lowest BCUT2D eigenvalue weighted by Gasteiger charge is -2.33. The Hall–Kier alpha value is -2.13. The number of aromatic nitrogens is 2. The molecule has 0 aliphatic carbocycles. The number of nitriles is 1. The maximum atomic E-state index is 9.27. The van der Waals surface area contributed by atoms with Crippen LogP contribution >= 0.6 is 15.9 Å². The van der Waals surface area contributed by atoms with E-state index >= 15 is 0 Å². The Bertz CT molecular complexity index is 693. The molecule has 3 rings (SSSR count). The van der Waals surface area contributed by atoms with Gasteiger partial charge in [0.05, 0.1) is 12.2 Å². The van der Waals surface area contributed by atoms with Crippen molar-refractivity contribution in [3.63, 3.8) is 0 Å². The largest absolute Gasteiger partial charge is 0.477 e. The molecule has 1 fully saturated rings. The summed E-state index contributed by atoms with van der Waals surface area (Å²) >= 11 is 3.36. The molecule has 0 bridgehead atoms. The van der Waals surface area contributed by atoms with Crippen LogP contribution in [0.2, 0.25) is 0 Å². The van der Waals surface area contributed by atoms with Gasteiger partial charge >= 0.3 is 0 Å². The lowest BCUT2D eigenvalue weighted by Crippen LogP contribution is -2.36. The van der Waals surface area contributed by atoms with Crippen LogP contribution in [0.4, 0.5) is 5.82 Å². The van der Waals surface area contributed by atoms with Crippen LogP contribution in [0.5, 0.6) is 5.88 Å². The van der Waals surface area contributed by atoms with Crippen molar-refractivity contribution in [2.45, 2.75) is 12.8 Å². The van der Waals surface area contributed by atoms with E-state index in [0.29, 0.717) is 24.0 Å². The molecule has 1 aliphatic heterocycles. The molecule has 1 saturated heterocycles. The topological polar surface area (TPSA) is 62.0 Å². The van der Waals surface area contributed by atoms with Gasteiger partial charge in [0, 0.05) is 36.0 Å². The van der Waals surface area contributed by atoms with E-state index in [1.165, 1.54) is 0 Å². The van der Waals surface area contributed by atoms with Crippen LogP contribution in [0.1, 0.15) is 18.4 Å². The van der Waals surface area contributed by atoms with Gasteiger partial charge in [0.25, 0.3) is 0 Å². The van der Waals surface area contributed by atoms with Gasteiger partial charge in [0.2, 0.25) is 5.88 Å². The number of pyridine rings is 2. The van der Waals surface area contributed by atoms with Crippen molar-refractivity contribution in [2.75, 3.05) is 24.6 Å². The van der Waals surface area contributed by atoms with Crippen molar-refractivity contribution in [3.05, 3.63) is 46.7 Å². The van der Waals surface area contributed by atoms with Crippen LogP contribution < -0.4 is 9.64 Å². The van der Waals surface area contributed by atoms with E-state index in [-0.39, 0.29) is 0 Å². The number of ether oxygens (including phenoxy) is 1. The highest BCUT2D eigenvalue weighted by atomic mass is 79.9. The van der Waals surface area contributed by atoms with Crippen LogP contribution in [0, 0.1) is 17.2 Å². The summed E-state index contributed by atoms with van der Waals surface area (Å²) in [5.41, 5.74) is 0.613. The van der Waals surface area contributed by atoms with Gasteiger partial charge < -0.3 is 9.64 Å². The van der Waals surface area contributed by atoms with Crippen molar-refractivity contribution in [1.29, 1.82) is 5.26 Å². The number of nitrogens with zero attached hydrogens (tertiary/aromatic N) is 4. The van der Waals surface area contributed by atoms with Gasteiger partial charge in [0.1, 0.15) is 11.9 Å². The fraction of sp³-hybridized carbons (Fsp3) is 0.353. The highest BCUT2D eigenvalue weighted by Crippen LogP contribution is 2.26. The molecule has 0 aromatic carbocycles. The average Bonchev–Trinajstić information content (AvgIpc) is 2.61. The zero-order chi connectivity index (χ0) is 16.1. The molecule has 0 atom stereocenters. The van der Waals surface area contributed by atoms with Crippen LogP contribution in [0.15, 0.2) is 41.1 Å². The van der Waals surface area contributed by atoms with Gasteiger partial charge in [-0.25, -0.2) is 9.97 Å². The van der Waals surface area contributed by atoms with Gasteiger partial charge in [-0.15, -0.1) is 0 Å². The fourth-order valence-corrected chi connectivity index (χ4v) is 3.04. The summed E-state index contributed by atoms with van der Waals surface area (Å²) in [7, 11) is 0. The zero-order valence-corrected chi connectivity index (χ0v) is 14.2. The summed E-state index contributed by atoms with van der Waals surface area (Å²) in [6.07, 6.45) is 5.53. The minimum Gasteiger partial charge on any atom is -0.477 e. The molecular weight excluding hydrogens is 356 g/mol. The maximum absolute atomic E-state index is 9.27. The van der Waals surface area contributed by atoms with Gasteiger partial charge in [-0.05, 0) is 46.8 Å². The predicted octanol–water partition coefficient (Wildman–Crippen LogP) is 3.41. The van der Waals surface area contributed by atoms with E-state index < -0.39 is 0 Å². The third-order valence-electron chi connectivity index (χ3n) is 3.97. The molecule has 0 unspecified atom stereocenters. The molecule has 0 saturated carbocycles. The molecule has 6 heteroatoms. The molecule has 5 nitrogen and oxygen atoms in total. The quantitative estimate of drug-likeness (QED) is 0.822. The Morgan fingerprint density at radius 2 is 2.13 bits per heavy atom. The Labute approximate surface area is 144 Å². The first-order valence-electron chi connectivity index (χ1n) is 7.60. The predicted molar refractivity (Wildman–Crippen MR) is 91.3 cm³/mol. The normalized spacial score (nSPS) is 15.2. The summed E-state index contributed by atoms with van der Waals surface area (Å²) in [5, 5.41) is 9.27. The molecule has 1 aliphatic rings. The summed E-state index contributed by atoms with van der Waals surface area (Å²) in [5.74, 6) is 1.96. The summed E-state index contributed by atoms with van der Waals surface area (Å²) in [4.78, 5) is 10.8. The Morgan fingerprint density at radius 3 is 2.83 bits per heavy atom. The molecule has 0 spiro atoms. The molecule has 23 heavy (non-hydrogen) atoms. The number of halogens is 1. The lowest BCUT2D eigenvalue weighted by atomic mass is 9.97. The molecule has 0 N–H and O–H groups in total. The SMILES string of the molecule is N#Cc1cc(Br)cnc1N1CCC(COc2ccccn2)CC1. The van der Waals surface area contributed by atoms with E-state index in [1.807, 2.05) is 24.3 Å². The minimum atomic E-state index is 0.509. The molecular formula is C17H17BrN4O. The van der Waals surface area contributed by atoms with Gasteiger partial charge in [0.15, 0.2) is 0 Å². The standard InChI is InChI=1S/C17H17BrN4O/c18-15-9-14(10-19)17(21-11-15)22-7-4-13(5-8-22)12-23-16-3-1-2-6-20-16/h1-3,6,9,11,13H,4-5,7-8,12H2. The first-order chi connectivity index (χ1) is 11.3. The van der Waals surface area contributed by atoms with Crippen LogP contribution in [-0.4, -0.2) is 29.7 Å². The third kappa shape index (κ3) is 3.99. The smallest absolute Gasteiger partial charge is 0.213 e. The first kappa shape index (κ1) is 15.8. The van der Waals surface area contributed by atoms with Crippen molar-refractivity contribution in [3.8, 4) is 11.9 Å². The zero-order valence-electron chi connectivity index (χ0n) is 12.7. The van der Waals surface area contributed by atoms with E-state index in [9.17, 15) is 5.26 Å². The summed E-state index contributed by atoms with van der Waals surface area (Å²) in [6, 6.07) is 9.72. The average molecular weight is 373 g/mol. The third-order valence-corrected chi connectivity index (χ3v) is 4.41. The summed E-state index contributed by atoms with van der Waals surface area (Å²) in [6.45, 7) is 2.46. The first-order valence-corrected chi connectivity index (χ1v) is 8.40. The highest BCUT2D eigenvalue weighted by Gasteiger charge is 2.22. The Morgan fingerprint density at radius 1 is 1.30 bits per heavy atom. The monoisotopic (exact) mass is 372 g/mol. The van der Waals surface area contributed by atoms with Gasteiger partial charge in [-0.2, -0.15) is 5.26 Å². The van der Waals surface area contributed by atoms with E-state index in [4.69, 9.17) is 4.74 Å². The minimum absolute atomic E-state index is 0.509.